The molecule has 1 rings (SSSR count). The van der Waals surface area contributed by atoms with Crippen LogP contribution in [-0.4, -0.2) is 7.11 Å². The van der Waals surface area contributed by atoms with Gasteiger partial charge in [-0.15, -0.1) is 0 Å². The van der Waals surface area contributed by atoms with Crippen molar-refractivity contribution in [3.63, 3.8) is 0 Å². The normalized spacial score (nSPS) is 16.6. The number of nitrogens with zero attached hydrogens (tertiary/aromatic N) is 1. The number of ether oxygens (including phenoxy) is 1. The Labute approximate surface area is 72.5 Å². The van der Waals surface area contributed by atoms with Gasteiger partial charge in [0, 0.05) is 0 Å². The van der Waals surface area contributed by atoms with Crippen molar-refractivity contribution in [2.24, 2.45) is 0 Å². The molecular weight excluding hydrogens is 150 g/mol. The lowest BCUT2D eigenvalue weighted by atomic mass is 10.2. The van der Waals surface area contributed by atoms with Crippen molar-refractivity contribution in [2.45, 2.75) is 13.3 Å². The summed E-state index contributed by atoms with van der Waals surface area (Å²) in [6.45, 7) is 1.98. The molecule has 0 spiro atoms. The van der Waals surface area contributed by atoms with Gasteiger partial charge in [0.1, 0.15) is 5.76 Å². The van der Waals surface area contributed by atoms with E-state index in [9.17, 15) is 0 Å². The van der Waals surface area contributed by atoms with E-state index < -0.39 is 0 Å². The number of allylic oxidation sites excluding steroid dienone is 5. The third kappa shape index (κ3) is 1.76. The summed E-state index contributed by atoms with van der Waals surface area (Å²) in [6, 6.07) is 2.10. The summed E-state index contributed by atoms with van der Waals surface area (Å²) in [5.74, 6) is 0.778. The van der Waals surface area contributed by atoms with Gasteiger partial charge >= 0.3 is 0 Å². The summed E-state index contributed by atoms with van der Waals surface area (Å²) in [5, 5.41) is 8.67. The molecular formula is C10H11NO. The number of nitriles is 1. The zero-order valence-electron chi connectivity index (χ0n) is 7.29. The summed E-state index contributed by atoms with van der Waals surface area (Å²) < 4.78 is 5.12. The van der Waals surface area contributed by atoms with Crippen LogP contribution in [0.3, 0.4) is 0 Å². The third-order valence-corrected chi connectivity index (χ3v) is 1.79. The second kappa shape index (κ2) is 3.77. The highest BCUT2D eigenvalue weighted by Gasteiger charge is 2.03. The van der Waals surface area contributed by atoms with Crippen molar-refractivity contribution in [1.82, 2.24) is 0 Å². The molecule has 0 aromatic carbocycles. The summed E-state index contributed by atoms with van der Waals surface area (Å²) in [7, 11) is 1.61. The summed E-state index contributed by atoms with van der Waals surface area (Å²) in [5.41, 5.74) is 1.75. The molecule has 0 atom stereocenters. The lowest BCUT2D eigenvalue weighted by Gasteiger charge is -2.03. The standard InChI is InChI=1S/C10H11NO/c1-8-4-3-5-9(7-11)6-10(8)12-2/h4-6H,3H2,1-2H3. The van der Waals surface area contributed by atoms with Crippen LogP contribution in [0, 0.1) is 11.3 Å². The predicted octanol–water partition coefficient (Wildman–Crippen LogP) is 2.32. The highest BCUT2D eigenvalue weighted by atomic mass is 16.5. The Bertz CT molecular complexity index is 302. The van der Waals surface area contributed by atoms with Crippen LogP contribution < -0.4 is 0 Å². The van der Waals surface area contributed by atoms with Gasteiger partial charge in [0.15, 0.2) is 0 Å². The van der Waals surface area contributed by atoms with Crippen molar-refractivity contribution in [3.05, 3.63) is 35.1 Å². The molecule has 2 nitrogen and oxygen atoms in total. The molecule has 0 radical (unpaired) electrons. The molecule has 62 valence electrons. The minimum Gasteiger partial charge on any atom is -0.496 e. The molecule has 0 bridgehead atoms. The number of methoxy groups -OCH3 is 1. The maximum Gasteiger partial charge on any atom is 0.122 e. The molecule has 0 N–H and O–H groups in total. The van der Waals surface area contributed by atoms with E-state index in [0.29, 0.717) is 5.57 Å². The Morgan fingerprint density at radius 1 is 1.50 bits per heavy atom. The summed E-state index contributed by atoms with van der Waals surface area (Å²) in [6.07, 6.45) is 6.49. The quantitative estimate of drug-likeness (QED) is 0.591. The van der Waals surface area contributed by atoms with Crippen LogP contribution in [0.2, 0.25) is 0 Å². The average Bonchev–Trinajstić information content (AvgIpc) is 2.27. The van der Waals surface area contributed by atoms with Crippen LogP contribution in [-0.2, 0) is 4.74 Å². The van der Waals surface area contributed by atoms with Crippen molar-refractivity contribution in [3.8, 4) is 6.07 Å². The van der Waals surface area contributed by atoms with Gasteiger partial charge in [0.25, 0.3) is 0 Å². The Morgan fingerprint density at radius 2 is 2.25 bits per heavy atom. The predicted molar refractivity (Wildman–Crippen MR) is 47.2 cm³/mol. The van der Waals surface area contributed by atoms with Gasteiger partial charge in [-0.1, -0.05) is 12.2 Å². The minimum atomic E-state index is 0.667. The lowest BCUT2D eigenvalue weighted by molar-refractivity contribution is 0.300. The Morgan fingerprint density at radius 3 is 2.83 bits per heavy atom. The maximum absolute atomic E-state index is 8.67. The van der Waals surface area contributed by atoms with Crippen molar-refractivity contribution < 1.29 is 4.74 Å². The molecule has 0 heterocycles. The van der Waals surface area contributed by atoms with Crippen molar-refractivity contribution in [1.29, 1.82) is 5.26 Å². The van der Waals surface area contributed by atoms with E-state index in [1.54, 1.807) is 13.2 Å². The molecule has 1 aliphatic carbocycles. The molecule has 0 fully saturated rings. The first-order valence-electron chi connectivity index (χ1n) is 3.81. The van der Waals surface area contributed by atoms with Gasteiger partial charge in [0.05, 0.1) is 18.8 Å². The molecule has 0 saturated heterocycles. The van der Waals surface area contributed by atoms with Gasteiger partial charge in [-0.2, -0.15) is 5.26 Å². The van der Waals surface area contributed by atoms with E-state index in [2.05, 4.69) is 6.07 Å². The van der Waals surface area contributed by atoms with E-state index >= 15 is 0 Å². The van der Waals surface area contributed by atoms with Crippen molar-refractivity contribution >= 4 is 0 Å². The molecule has 0 aromatic rings. The molecule has 2 heteroatoms. The fourth-order valence-corrected chi connectivity index (χ4v) is 1.08. The van der Waals surface area contributed by atoms with Crippen LogP contribution in [0.5, 0.6) is 0 Å². The highest BCUT2D eigenvalue weighted by molar-refractivity contribution is 5.42. The number of hydrogen-bond donors (Lipinski definition) is 0. The van der Waals surface area contributed by atoms with E-state index in [1.165, 1.54) is 0 Å². The van der Waals surface area contributed by atoms with Crippen LogP contribution in [0.4, 0.5) is 0 Å². The molecule has 12 heavy (non-hydrogen) atoms. The molecule has 0 unspecified atom stereocenters. The van der Waals surface area contributed by atoms with Gasteiger partial charge in [-0.3, -0.25) is 0 Å². The third-order valence-electron chi connectivity index (χ3n) is 1.79. The Balaban J connectivity index is 2.99. The van der Waals surface area contributed by atoms with Crippen LogP contribution in [0.1, 0.15) is 13.3 Å². The second-order valence-corrected chi connectivity index (χ2v) is 2.61. The fraction of sp³-hybridized carbons (Fsp3) is 0.300. The SMILES string of the molecule is COC1=CC(C#N)=CCC=C1C. The molecule has 0 amide bonds. The van der Waals surface area contributed by atoms with Gasteiger partial charge < -0.3 is 4.74 Å². The minimum absolute atomic E-state index is 0.667. The van der Waals surface area contributed by atoms with E-state index in [1.807, 2.05) is 19.1 Å². The van der Waals surface area contributed by atoms with Gasteiger partial charge in [-0.25, -0.2) is 0 Å². The van der Waals surface area contributed by atoms with Crippen LogP contribution in [0.15, 0.2) is 35.1 Å². The summed E-state index contributed by atoms with van der Waals surface area (Å²) in [4.78, 5) is 0. The number of rotatable bonds is 1. The average molecular weight is 161 g/mol. The Kier molecular flexibility index (Phi) is 2.71. The largest absolute Gasteiger partial charge is 0.496 e. The number of hydrogen-bond acceptors (Lipinski definition) is 2. The molecule has 0 saturated carbocycles. The highest BCUT2D eigenvalue weighted by Crippen LogP contribution is 2.17. The molecule has 0 aromatic heterocycles. The van der Waals surface area contributed by atoms with E-state index in [-0.39, 0.29) is 0 Å². The first-order valence-corrected chi connectivity index (χ1v) is 3.81. The summed E-state index contributed by atoms with van der Waals surface area (Å²) >= 11 is 0. The fourth-order valence-electron chi connectivity index (χ4n) is 1.08. The topological polar surface area (TPSA) is 33.0 Å². The van der Waals surface area contributed by atoms with Crippen LogP contribution >= 0.6 is 0 Å². The maximum atomic E-state index is 8.67. The molecule has 0 aliphatic heterocycles. The zero-order valence-corrected chi connectivity index (χ0v) is 7.29. The monoisotopic (exact) mass is 161 g/mol. The lowest BCUT2D eigenvalue weighted by Crippen LogP contribution is -1.88. The first-order chi connectivity index (χ1) is 5.77. The van der Waals surface area contributed by atoms with Gasteiger partial charge in [-0.05, 0) is 25.0 Å². The van der Waals surface area contributed by atoms with E-state index in [4.69, 9.17) is 10.00 Å². The van der Waals surface area contributed by atoms with E-state index in [0.717, 1.165) is 17.8 Å². The molecule has 1 aliphatic rings. The van der Waals surface area contributed by atoms with Crippen LogP contribution in [0.25, 0.3) is 0 Å². The van der Waals surface area contributed by atoms with Gasteiger partial charge in [0.2, 0.25) is 0 Å². The Hall–Kier alpha value is -1.49. The zero-order chi connectivity index (χ0) is 8.97. The smallest absolute Gasteiger partial charge is 0.122 e. The first kappa shape index (κ1) is 8.61. The van der Waals surface area contributed by atoms with Crippen molar-refractivity contribution in [2.75, 3.05) is 7.11 Å². The second-order valence-electron chi connectivity index (χ2n) is 2.61.